The molecule has 1 unspecified atom stereocenters. The van der Waals surface area contributed by atoms with Crippen molar-refractivity contribution in [2.75, 3.05) is 20.6 Å². The quantitative estimate of drug-likeness (QED) is 0.664. The van der Waals surface area contributed by atoms with Gasteiger partial charge in [-0.25, -0.2) is 0 Å². The minimum absolute atomic E-state index is 0.283. The number of nitrogens with one attached hydrogen (secondary N) is 1. The Kier molecular flexibility index (Phi) is 5.94. The van der Waals surface area contributed by atoms with Crippen LogP contribution in [0, 0.1) is 13.8 Å². The van der Waals surface area contributed by atoms with Gasteiger partial charge in [-0.3, -0.25) is 4.99 Å². The molecule has 6 nitrogen and oxygen atoms in total. The van der Waals surface area contributed by atoms with Crippen molar-refractivity contribution in [3.63, 3.8) is 0 Å². The third-order valence-electron chi connectivity index (χ3n) is 4.19. The highest BCUT2D eigenvalue weighted by Crippen LogP contribution is 2.22. The highest BCUT2D eigenvalue weighted by molar-refractivity contribution is 6.30. The standard InChI is InChI=1S/C17H26ClN5O/c1-11(16-12(2)21-24-13(16)3)8-20-17(19-4)23(6)10-15-7-14(18)9-22(15)5/h7,9,11H,8,10H2,1-6H3,(H,19,20). The Labute approximate surface area is 148 Å². The van der Waals surface area contributed by atoms with Crippen molar-refractivity contribution < 1.29 is 4.52 Å². The predicted octanol–water partition coefficient (Wildman–Crippen LogP) is 3.09. The summed E-state index contributed by atoms with van der Waals surface area (Å²) in [5.41, 5.74) is 3.24. The van der Waals surface area contributed by atoms with E-state index in [9.17, 15) is 0 Å². The van der Waals surface area contributed by atoms with Gasteiger partial charge < -0.3 is 19.3 Å². The lowest BCUT2D eigenvalue weighted by atomic mass is 10.00. The average Bonchev–Trinajstić information content (AvgIpc) is 3.01. The van der Waals surface area contributed by atoms with Crippen molar-refractivity contribution in [1.29, 1.82) is 0 Å². The number of aryl methyl sites for hydroxylation is 3. The lowest BCUT2D eigenvalue weighted by Crippen LogP contribution is -2.40. The van der Waals surface area contributed by atoms with E-state index in [0.717, 1.165) is 46.8 Å². The first-order chi connectivity index (χ1) is 11.3. The molecular weight excluding hydrogens is 326 g/mol. The van der Waals surface area contributed by atoms with E-state index in [4.69, 9.17) is 16.1 Å². The van der Waals surface area contributed by atoms with Crippen LogP contribution in [0.4, 0.5) is 0 Å². The highest BCUT2D eigenvalue weighted by Gasteiger charge is 2.17. The number of halogens is 1. The first-order valence-corrected chi connectivity index (χ1v) is 8.36. The number of guanidine groups is 1. The van der Waals surface area contributed by atoms with Crippen LogP contribution in [-0.2, 0) is 13.6 Å². The normalized spacial score (nSPS) is 13.2. The zero-order chi connectivity index (χ0) is 17.9. The van der Waals surface area contributed by atoms with Gasteiger partial charge in [0.25, 0.3) is 0 Å². The minimum Gasteiger partial charge on any atom is -0.361 e. The van der Waals surface area contributed by atoms with Crippen molar-refractivity contribution in [3.05, 3.63) is 40.0 Å². The number of aliphatic imine (C=N–C) groups is 1. The Morgan fingerprint density at radius 3 is 2.71 bits per heavy atom. The number of nitrogens with zero attached hydrogens (tertiary/aromatic N) is 4. The Hall–Kier alpha value is -1.95. The number of aromatic nitrogens is 2. The summed E-state index contributed by atoms with van der Waals surface area (Å²) in [5.74, 6) is 2.00. The zero-order valence-corrected chi connectivity index (χ0v) is 16.0. The lowest BCUT2D eigenvalue weighted by molar-refractivity contribution is 0.391. The topological polar surface area (TPSA) is 58.6 Å². The Morgan fingerprint density at radius 1 is 1.50 bits per heavy atom. The second kappa shape index (κ2) is 7.75. The van der Waals surface area contributed by atoms with Crippen LogP contribution in [0.5, 0.6) is 0 Å². The van der Waals surface area contributed by atoms with E-state index in [-0.39, 0.29) is 5.92 Å². The minimum atomic E-state index is 0.283. The molecule has 1 N–H and O–H groups in total. The van der Waals surface area contributed by atoms with Crippen molar-refractivity contribution in [2.45, 2.75) is 33.2 Å². The lowest BCUT2D eigenvalue weighted by Gasteiger charge is -2.24. The molecule has 0 radical (unpaired) electrons. The van der Waals surface area contributed by atoms with Crippen LogP contribution in [0.1, 0.15) is 35.6 Å². The van der Waals surface area contributed by atoms with Crippen LogP contribution >= 0.6 is 11.6 Å². The van der Waals surface area contributed by atoms with Crippen LogP contribution in [0.3, 0.4) is 0 Å². The first-order valence-electron chi connectivity index (χ1n) is 7.98. The summed E-state index contributed by atoms with van der Waals surface area (Å²) in [4.78, 5) is 6.44. The summed E-state index contributed by atoms with van der Waals surface area (Å²) in [6.07, 6.45) is 1.90. The van der Waals surface area contributed by atoms with Gasteiger partial charge in [0.1, 0.15) is 5.76 Å². The van der Waals surface area contributed by atoms with Crippen molar-refractivity contribution in [3.8, 4) is 0 Å². The summed E-state index contributed by atoms with van der Waals surface area (Å²) < 4.78 is 7.28. The van der Waals surface area contributed by atoms with Gasteiger partial charge in [-0.1, -0.05) is 23.7 Å². The summed E-state index contributed by atoms with van der Waals surface area (Å²) in [7, 11) is 5.79. The van der Waals surface area contributed by atoms with Crippen molar-refractivity contribution in [2.24, 2.45) is 12.0 Å². The third-order valence-corrected chi connectivity index (χ3v) is 4.40. The van der Waals surface area contributed by atoms with Gasteiger partial charge >= 0.3 is 0 Å². The smallest absolute Gasteiger partial charge is 0.193 e. The summed E-state index contributed by atoms with van der Waals surface area (Å²) in [5, 5.41) is 8.20. The molecule has 0 amide bonds. The zero-order valence-electron chi connectivity index (χ0n) is 15.2. The van der Waals surface area contributed by atoms with Crippen LogP contribution in [-0.4, -0.2) is 41.2 Å². The number of rotatable bonds is 5. The summed E-state index contributed by atoms with van der Waals surface area (Å²) in [6.45, 7) is 7.56. The molecule has 1 atom stereocenters. The fourth-order valence-corrected chi connectivity index (χ4v) is 3.24. The van der Waals surface area contributed by atoms with Crippen LogP contribution in [0.25, 0.3) is 0 Å². The Morgan fingerprint density at radius 2 is 2.21 bits per heavy atom. The molecule has 2 aromatic rings. The fraction of sp³-hybridized carbons (Fsp3) is 0.529. The SMILES string of the molecule is CN=C(NCC(C)c1c(C)noc1C)N(C)Cc1cc(Cl)cn1C. The number of hydrogen-bond acceptors (Lipinski definition) is 3. The molecule has 0 aliphatic rings. The molecule has 2 aromatic heterocycles. The third kappa shape index (κ3) is 4.12. The molecule has 0 aromatic carbocycles. The van der Waals surface area contributed by atoms with E-state index in [0.29, 0.717) is 0 Å². The molecule has 0 bridgehead atoms. The molecule has 0 spiro atoms. The second-order valence-corrected chi connectivity index (χ2v) is 6.62. The van der Waals surface area contributed by atoms with E-state index in [1.54, 1.807) is 7.05 Å². The van der Waals surface area contributed by atoms with Gasteiger partial charge in [0.05, 0.1) is 17.3 Å². The van der Waals surface area contributed by atoms with Crippen LogP contribution in [0.2, 0.25) is 5.02 Å². The van der Waals surface area contributed by atoms with Gasteiger partial charge in [0.2, 0.25) is 0 Å². The van der Waals surface area contributed by atoms with Crippen LogP contribution in [0.15, 0.2) is 21.8 Å². The predicted molar refractivity (Wildman–Crippen MR) is 97.6 cm³/mol. The first kappa shape index (κ1) is 18.4. The van der Waals surface area contributed by atoms with E-state index in [1.807, 2.05) is 44.8 Å². The fourth-order valence-electron chi connectivity index (χ4n) is 2.97. The molecule has 2 heterocycles. The van der Waals surface area contributed by atoms with Gasteiger partial charge in [-0.05, 0) is 19.9 Å². The van der Waals surface area contributed by atoms with Crippen molar-refractivity contribution >= 4 is 17.6 Å². The van der Waals surface area contributed by atoms with E-state index < -0.39 is 0 Å². The summed E-state index contributed by atoms with van der Waals surface area (Å²) >= 11 is 6.05. The molecular formula is C17H26ClN5O. The molecule has 2 rings (SSSR count). The van der Waals surface area contributed by atoms with Crippen LogP contribution < -0.4 is 5.32 Å². The molecule has 0 aliphatic heterocycles. The number of hydrogen-bond donors (Lipinski definition) is 1. The molecule has 7 heteroatoms. The Balaban J connectivity index is 1.98. The maximum Gasteiger partial charge on any atom is 0.193 e. The molecule has 24 heavy (non-hydrogen) atoms. The molecule has 0 saturated carbocycles. The average molecular weight is 352 g/mol. The molecule has 0 saturated heterocycles. The van der Waals surface area contributed by atoms with Crippen molar-refractivity contribution in [1.82, 2.24) is 19.9 Å². The maximum absolute atomic E-state index is 6.05. The van der Waals surface area contributed by atoms with E-state index in [1.165, 1.54) is 0 Å². The maximum atomic E-state index is 6.05. The largest absolute Gasteiger partial charge is 0.361 e. The van der Waals surface area contributed by atoms with E-state index >= 15 is 0 Å². The molecule has 0 fully saturated rings. The Bertz CT molecular complexity index is 699. The van der Waals surface area contributed by atoms with Gasteiger partial charge in [0, 0.05) is 51.1 Å². The molecule has 132 valence electrons. The van der Waals surface area contributed by atoms with E-state index in [2.05, 4.69) is 27.3 Å². The van der Waals surface area contributed by atoms with Gasteiger partial charge in [-0.15, -0.1) is 0 Å². The monoisotopic (exact) mass is 351 g/mol. The summed E-state index contributed by atoms with van der Waals surface area (Å²) in [6, 6.07) is 1.97. The molecule has 0 aliphatic carbocycles. The van der Waals surface area contributed by atoms with Gasteiger partial charge in [0.15, 0.2) is 5.96 Å². The second-order valence-electron chi connectivity index (χ2n) is 6.18. The highest BCUT2D eigenvalue weighted by atomic mass is 35.5. The van der Waals surface area contributed by atoms with Gasteiger partial charge in [-0.2, -0.15) is 0 Å².